The Kier molecular flexibility index (Phi) is 6.04. The van der Waals surface area contributed by atoms with Crippen LogP contribution in [0.15, 0.2) is 0 Å². The molecule has 1 saturated heterocycles. The lowest BCUT2D eigenvalue weighted by atomic mass is 10.0. The van der Waals surface area contributed by atoms with Gasteiger partial charge in [-0.15, -0.1) is 0 Å². The van der Waals surface area contributed by atoms with E-state index < -0.39 is 0 Å². The average Bonchev–Trinajstić information content (AvgIpc) is 2.78. The van der Waals surface area contributed by atoms with Gasteiger partial charge in [0.1, 0.15) is 0 Å². The third kappa shape index (κ3) is 4.19. The predicted octanol–water partition coefficient (Wildman–Crippen LogP) is 4.03. The highest BCUT2D eigenvalue weighted by Gasteiger charge is 2.19. The lowest BCUT2D eigenvalue weighted by molar-refractivity contribution is 0.0957. The third-order valence-corrected chi connectivity index (χ3v) is 4.70. The number of Topliss-reactive ketones (excluding diaryl/α,β-unsaturated/α-hetero) is 1. The van der Waals surface area contributed by atoms with E-state index in [1.165, 1.54) is 56.5 Å². The van der Waals surface area contributed by atoms with E-state index in [4.69, 9.17) is 0 Å². The normalized spacial score (nSPS) is 16.3. The van der Waals surface area contributed by atoms with Crippen LogP contribution in [0, 0.1) is 13.8 Å². The Balaban J connectivity index is 1.96. The molecule has 1 aromatic heterocycles. The molecule has 0 unspecified atom stereocenters. The Morgan fingerprint density at radius 2 is 1.90 bits per heavy atom. The van der Waals surface area contributed by atoms with Crippen LogP contribution in [0.1, 0.15) is 72.8 Å². The summed E-state index contributed by atoms with van der Waals surface area (Å²) in [5, 5.41) is 0. The minimum absolute atomic E-state index is 0.314. The first-order valence-electron chi connectivity index (χ1n) is 8.57. The number of aromatic amines is 1. The average molecular weight is 290 g/mol. The minimum atomic E-state index is 0.314. The van der Waals surface area contributed by atoms with Gasteiger partial charge >= 0.3 is 0 Å². The molecular weight excluding hydrogens is 260 g/mol. The number of H-pyrrole nitrogens is 1. The fourth-order valence-corrected chi connectivity index (χ4v) is 3.40. The third-order valence-electron chi connectivity index (χ3n) is 4.70. The molecule has 3 nitrogen and oxygen atoms in total. The van der Waals surface area contributed by atoms with E-state index >= 15 is 0 Å². The van der Waals surface area contributed by atoms with Crippen LogP contribution in [0.2, 0.25) is 0 Å². The fraction of sp³-hybridized carbons (Fsp3) is 0.722. The summed E-state index contributed by atoms with van der Waals surface area (Å²) >= 11 is 0. The molecule has 2 heterocycles. The molecule has 1 N–H and O–H groups in total. The molecule has 1 aliphatic rings. The molecule has 1 aromatic rings. The van der Waals surface area contributed by atoms with Crippen LogP contribution in [0.5, 0.6) is 0 Å². The number of aryl methyl sites for hydroxylation is 2. The van der Waals surface area contributed by atoms with Gasteiger partial charge in [0.05, 0.1) is 0 Å². The maximum atomic E-state index is 12.6. The number of carbonyl (C=O) groups excluding carboxylic acids is 1. The lowest BCUT2D eigenvalue weighted by Gasteiger charge is -2.25. The van der Waals surface area contributed by atoms with Crippen LogP contribution >= 0.6 is 0 Å². The van der Waals surface area contributed by atoms with E-state index in [1.807, 2.05) is 6.92 Å². The number of hydrogen-bond acceptors (Lipinski definition) is 2. The van der Waals surface area contributed by atoms with Gasteiger partial charge in [-0.3, -0.25) is 4.79 Å². The summed E-state index contributed by atoms with van der Waals surface area (Å²) in [6, 6.07) is 0. The Morgan fingerprint density at radius 3 is 2.57 bits per heavy atom. The van der Waals surface area contributed by atoms with E-state index in [9.17, 15) is 4.79 Å². The van der Waals surface area contributed by atoms with Crippen LogP contribution in [-0.2, 0) is 6.42 Å². The first kappa shape index (κ1) is 16.3. The second kappa shape index (κ2) is 7.79. The van der Waals surface area contributed by atoms with E-state index in [2.05, 4.69) is 23.7 Å². The Labute approximate surface area is 129 Å². The number of rotatable bonds is 7. The van der Waals surface area contributed by atoms with Crippen molar-refractivity contribution in [1.29, 1.82) is 0 Å². The number of nitrogens with zero attached hydrogens (tertiary/aromatic N) is 1. The van der Waals surface area contributed by atoms with Gasteiger partial charge in [0.15, 0.2) is 5.78 Å². The molecule has 0 aromatic carbocycles. The van der Waals surface area contributed by atoms with E-state index in [1.54, 1.807) is 0 Å². The number of ketones is 1. The van der Waals surface area contributed by atoms with Crippen molar-refractivity contribution in [3.63, 3.8) is 0 Å². The molecule has 0 amide bonds. The molecule has 0 saturated carbocycles. The van der Waals surface area contributed by atoms with Gasteiger partial charge in [0.25, 0.3) is 0 Å². The second-order valence-electron chi connectivity index (χ2n) is 6.41. The van der Waals surface area contributed by atoms with Gasteiger partial charge in [0, 0.05) is 29.9 Å². The van der Waals surface area contributed by atoms with Gasteiger partial charge in [-0.2, -0.15) is 0 Å². The van der Waals surface area contributed by atoms with Crippen molar-refractivity contribution in [3.05, 3.63) is 22.5 Å². The molecular formula is C18H30N2O. The highest BCUT2D eigenvalue weighted by Crippen LogP contribution is 2.21. The zero-order valence-corrected chi connectivity index (χ0v) is 13.9. The monoisotopic (exact) mass is 290 g/mol. The van der Waals surface area contributed by atoms with E-state index in [0.29, 0.717) is 12.2 Å². The van der Waals surface area contributed by atoms with Gasteiger partial charge in [-0.1, -0.05) is 19.8 Å². The molecule has 1 fully saturated rings. The number of likely N-dealkylation sites (tertiary alicyclic amines) is 1. The summed E-state index contributed by atoms with van der Waals surface area (Å²) < 4.78 is 0. The van der Waals surface area contributed by atoms with Crippen molar-refractivity contribution in [3.8, 4) is 0 Å². The maximum absolute atomic E-state index is 12.6. The maximum Gasteiger partial charge on any atom is 0.166 e. The van der Waals surface area contributed by atoms with Crippen molar-refractivity contribution in [1.82, 2.24) is 9.88 Å². The molecule has 0 aliphatic carbocycles. The molecule has 1 aliphatic heterocycles. The van der Waals surface area contributed by atoms with Crippen LogP contribution < -0.4 is 0 Å². The molecule has 118 valence electrons. The number of piperidine rings is 1. The Hall–Kier alpha value is -1.09. The standard InChI is InChI=1S/C18H30N2O/c1-4-5-9-16-14(2)18(15(3)19-16)17(21)10-13-20-11-7-6-8-12-20/h19H,4-13H2,1-3H3. The summed E-state index contributed by atoms with van der Waals surface area (Å²) in [6.45, 7) is 9.60. The summed E-state index contributed by atoms with van der Waals surface area (Å²) in [6.07, 6.45) is 8.02. The highest BCUT2D eigenvalue weighted by atomic mass is 16.1. The molecule has 2 rings (SSSR count). The number of hydrogen-bond donors (Lipinski definition) is 1. The van der Waals surface area contributed by atoms with Crippen molar-refractivity contribution < 1.29 is 4.79 Å². The second-order valence-corrected chi connectivity index (χ2v) is 6.41. The fourth-order valence-electron chi connectivity index (χ4n) is 3.40. The van der Waals surface area contributed by atoms with Crippen molar-refractivity contribution >= 4 is 5.78 Å². The number of unbranched alkanes of at least 4 members (excludes halogenated alkanes) is 1. The molecule has 0 radical (unpaired) electrons. The van der Waals surface area contributed by atoms with Crippen molar-refractivity contribution in [2.24, 2.45) is 0 Å². The van der Waals surface area contributed by atoms with Crippen molar-refractivity contribution in [2.45, 2.75) is 65.7 Å². The molecule has 0 bridgehead atoms. The SMILES string of the molecule is CCCCc1[nH]c(C)c(C(=O)CCN2CCCCC2)c1C. The van der Waals surface area contributed by atoms with Crippen LogP contribution in [-0.4, -0.2) is 35.3 Å². The van der Waals surface area contributed by atoms with E-state index in [-0.39, 0.29) is 0 Å². The number of carbonyl (C=O) groups is 1. The van der Waals surface area contributed by atoms with Crippen LogP contribution in [0.4, 0.5) is 0 Å². The zero-order valence-electron chi connectivity index (χ0n) is 13.9. The summed E-state index contributed by atoms with van der Waals surface area (Å²) in [7, 11) is 0. The summed E-state index contributed by atoms with van der Waals surface area (Å²) in [4.78, 5) is 18.4. The van der Waals surface area contributed by atoms with Gasteiger partial charge in [-0.25, -0.2) is 0 Å². The number of aromatic nitrogens is 1. The summed E-state index contributed by atoms with van der Waals surface area (Å²) in [5.74, 6) is 0.314. The van der Waals surface area contributed by atoms with E-state index in [0.717, 1.165) is 24.2 Å². The first-order chi connectivity index (χ1) is 10.1. The largest absolute Gasteiger partial charge is 0.362 e. The smallest absolute Gasteiger partial charge is 0.166 e. The molecule has 0 atom stereocenters. The quantitative estimate of drug-likeness (QED) is 0.770. The van der Waals surface area contributed by atoms with Crippen molar-refractivity contribution in [2.75, 3.05) is 19.6 Å². The lowest BCUT2D eigenvalue weighted by Crippen LogP contribution is -2.31. The molecule has 0 spiro atoms. The first-order valence-corrected chi connectivity index (χ1v) is 8.57. The number of nitrogens with one attached hydrogen (secondary N) is 1. The van der Waals surface area contributed by atoms with Gasteiger partial charge < -0.3 is 9.88 Å². The zero-order chi connectivity index (χ0) is 15.2. The highest BCUT2D eigenvalue weighted by molar-refractivity contribution is 5.99. The topological polar surface area (TPSA) is 36.1 Å². The molecule has 21 heavy (non-hydrogen) atoms. The Bertz CT molecular complexity index is 470. The molecule has 3 heteroatoms. The Morgan fingerprint density at radius 1 is 1.19 bits per heavy atom. The van der Waals surface area contributed by atoms with Crippen LogP contribution in [0.3, 0.4) is 0 Å². The predicted molar refractivity (Wildman–Crippen MR) is 88.1 cm³/mol. The van der Waals surface area contributed by atoms with Crippen LogP contribution in [0.25, 0.3) is 0 Å². The van der Waals surface area contributed by atoms with Gasteiger partial charge in [0.2, 0.25) is 0 Å². The summed E-state index contributed by atoms with van der Waals surface area (Å²) in [5.41, 5.74) is 4.46. The minimum Gasteiger partial charge on any atom is -0.362 e. The van der Waals surface area contributed by atoms with Gasteiger partial charge in [-0.05, 0) is 58.2 Å².